The van der Waals surface area contributed by atoms with Crippen LogP contribution in [-0.4, -0.2) is 44.1 Å². The number of aryl methyl sites for hydroxylation is 1. The first-order valence-corrected chi connectivity index (χ1v) is 11.6. The molecule has 3 N–H and O–H groups in total. The molecular weight excluding hydrogens is 457 g/mol. The first-order chi connectivity index (χ1) is 17.5. The number of amides is 1. The van der Waals surface area contributed by atoms with Gasteiger partial charge in [-0.15, -0.1) is 0 Å². The third kappa shape index (κ3) is 4.85. The lowest BCUT2D eigenvalue weighted by atomic mass is 10.1. The normalized spacial score (nSPS) is 11.1. The van der Waals surface area contributed by atoms with Crippen molar-refractivity contribution in [1.82, 2.24) is 25.3 Å². The van der Waals surface area contributed by atoms with Gasteiger partial charge in [-0.05, 0) is 55.0 Å². The Balaban J connectivity index is 1.55. The molecule has 36 heavy (non-hydrogen) atoms. The standard InChI is InChI=1S/C28H24FN5O2/c1-17-4-2-6-24(32-17)27-26(20-8-10-23-19(16-20)5-3-11-30-23)33-25(34-27)15-18-7-9-22(29)21(14-18)28(36)31-12-13-35/h2-11,14,16,35H,12-13,15H2,1H3,(H,31,36)(H,33,34). The second-order valence-electron chi connectivity index (χ2n) is 8.45. The minimum Gasteiger partial charge on any atom is -0.395 e. The lowest BCUT2D eigenvalue weighted by molar-refractivity contribution is 0.0940. The van der Waals surface area contributed by atoms with E-state index >= 15 is 0 Å². The van der Waals surface area contributed by atoms with E-state index in [-0.39, 0.29) is 18.7 Å². The minimum absolute atomic E-state index is 0.0537. The summed E-state index contributed by atoms with van der Waals surface area (Å²) >= 11 is 0. The van der Waals surface area contributed by atoms with Crippen molar-refractivity contribution >= 4 is 16.8 Å². The van der Waals surface area contributed by atoms with Gasteiger partial charge >= 0.3 is 0 Å². The van der Waals surface area contributed by atoms with Crippen LogP contribution in [0, 0.1) is 12.7 Å². The Hall–Kier alpha value is -4.43. The zero-order chi connectivity index (χ0) is 25.1. The van der Waals surface area contributed by atoms with Crippen LogP contribution in [0.5, 0.6) is 0 Å². The molecule has 0 aliphatic rings. The predicted molar refractivity (Wildman–Crippen MR) is 136 cm³/mol. The molecule has 0 spiro atoms. The number of imidazole rings is 1. The van der Waals surface area contributed by atoms with Crippen molar-refractivity contribution < 1.29 is 14.3 Å². The summed E-state index contributed by atoms with van der Waals surface area (Å²) < 4.78 is 14.3. The van der Waals surface area contributed by atoms with Crippen LogP contribution in [-0.2, 0) is 6.42 Å². The van der Waals surface area contributed by atoms with Gasteiger partial charge in [-0.3, -0.25) is 14.8 Å². The number of H-pyrrole nitrogens is 1. The van der Waals surface area contributed by atoms with Crippen LogP contribution >= 0.6 is 0 Å². The SMILES string of the molecule is Cc1cccc(-c2[nH]c(Cc3ccc(F)c(C(=O)NCCO)c3)nc2-c2ccc3ncccc3c2)n1. The van der Waals surface area contributed by atoms with Crippen molar-refractivity contribution in [3.8, 4) is 22.6 Å². The van der Waals surface area contributed by atoms with E-state index in [1.807, 2.05) is 55.5 Å². The number of aliphatic hydroxyl groups is 1. The number of carbonyl (C=O) groups excluding carboxylic acids is 1. The first kappa shape index (κ1) is 23.3. The van der Waals surface area contributed by atoms with E-state index < -0.39 is 11.7 Å². The van der Waals surface area contributed by atoms with E-state index in [1.165, 1.54) is 12.1 Å². The number of benzene rings is 2. The van der Waals surface area contributed by atoms with Crippen LogP contribution in [0.25, 0.3) is 33.5 Å². The van der Waals surface area contributed by atoms with Crippen molar-refractivity contribution in [1.29, 1.82) is 0 Å². The number of hydrogen-bond donors (Lipinski definition) is 3. The summed E-state index contributed by atoms with van der Waals surface area (Å²) in [5, 5.41) is 12.4. The summed E-state index contributed by atoms with van der Waals surface area (Å²) in [6, 6.07) is 20.1. The molecule has 5 rings (SSSR count). The average molecular weight is 482 g/mol. The summed E-state index contributed by atoms with van der Waals surface area (Å²) in [7, 11) is 0. The summed E-state index contributed by atoms with van der Waals surface area (Å²) in [6.45, 7) is 1.77. The molecule has 0 aliphatic carbocycles. The molecule has 0 atom stereocenters. The summed E-state index contributed by atoms with van der Waals surface area (Å²) in [4.78, 5) is 29.7. The zero-order valence-corrected chi connectivity index (χ0v) is 19.6. The van der Waals surface area contributed by atoms with Crippen LogP contribution in [0.1, 0.15) is 27.4 Å². The van der Waals surface area contributed by atoms with E-state index in [2.05, 4.69) is 20.3 Å². The van der Waals surface area contributed by atoms with Gasteiger partial charge in [0.05, 0.1) is 34.8 Å². The molecule has 7 nitrogen and oxygen atoms in total. The molecule has 1 amide bonds. The Morgan fingerprint density at radius 3 is 2.78 bits per heavy atom. The van der Waals surface area contributed by atoms with Crippen LogP contribution in [0.2, 0.25) is 0 Å². The number of nitrogens with zero attached hydrogens (tertiary/aromatic N) is 3. The predicted octanol–water partition coefficient (Wildman–Crippen LogP) is 4.45. The second-order valence-corrected chi connectivity index (χ2v) is 8.45. The minimum atomic E-state index is -0.622. The molecule has 180 valence electrons. The highest BCUT2D eigenvalue weighted by Crippen LogP contribution is 2.31. The van der Waals surface area contributed by atoms with Gasteiger partial charge in [-0.1, -0.05) is 24.3 Å². The van der Waals surface area contributed by atoms with E-state index in [9.17, 15) is 9.18 Å². The monoisotopic (exact) mass is 481 g/mol. The van der Waals surface area contributed by atoms with E-state index in [0.717, 1.165) is 44.8 Å². The largest absolute Gasteiger partial charge is 0.395 e. The Labute approximate surface area is 207 Å². The number of halogens is 1. The lowest BCUT2D eigenvalue weighted by Crippen LogP contribution is -2.27. The molecule has 0 bridgehead atoms. The Kier molecular flexibility index (Phi) is 6.51. The number of carbonyl (C=O) groups is 1. The van der Waals surface area contributed by atoms with Crippen molar-refractivity contribution in [3.63, 3.8) is 0 Å². The second kappa shape index (κ2) is 10.1. The fraction of sp³-hybridized carbons (Fsp3) is 0.143. The van der Waals surface area contributed by atoms with Gasteiger partial charge in [0.25, 0.3) is 5.91 Å². The summed E-state index contributed by atoms with van der Waals surface area (Å²) in [6.07, 6.45) is 2.12. The number of aliphatic hydroxyl groups excluding tert-OH is 1. The van der Waals surface area contributed by atoms with Crippen LogP contribution in [0.15, 0.2) is 72.9 Å². The number of fused-ring (bicyclic) bond motifs is 1. The molecule has 3 heterocycles. The molecule has 0 saturated heterocycles. The molecule has 0 radical (unpaired) electrons. The summed E-state index contributed by atoms with van der Waals surface area (Å²) in [5.41, 5.74) is 5.63. The van der Waals surface area contributed by atoms with Crippen LogP contribution in [0.4, 0.5) is 4.39 Å². The third-order valence-electron chi connectivity index (χ3n) is 5.82. The molecule has 3 aromatic heterocycles. The van der Waals surface area contributed by atoms with E-state index in [0.29, 0.717) is 12.2 Å². The van der Waals surface area contributed by atoms with Gasteiger partial charge in [-0.25, -0.2) is 9.37 Å². The van der Waals surface area contributed by atoms with E-state index in [1.54, 1.807) is 12.3 Å². The number of nitrogens with one attached hydrogen (secondary N) is 2. The quantitative estimate of drug-likeness (QED) is 0.319. The molecule has 0 aliphatic heterocycles. The number of rotatable bonds is 7. The van der Waals surface area contributed by atoms with Gasteiger partial charge in [0.1, 0.15) is 11.6 Å². The molecule has 0 fully saturated rings. The molecule has 0 unspecified atom stereocenters. The van der Waals surface area contributed by atoms with Gasteiger partial charge in [0.15, 0.2) is 0 Å². The number of hydrogen-bond acceptors (Lipinski definition) is 5. The third-order valence-corrected chi connectivity index (χ3v) is 5.82. The Morgan fingerprint density at radius 2 is 1.94 bits per heavy atom. The van der Waals surface area contributed by atoms with Gasteiger partial charge in [0.2, 0.25) is 0 Å². The smallest absolute Gasteiger partial charge is 0.254 e. The first-order valence-electron chi connectivity index (χ1n) is 11.6. The average Bonchev–Trinajstić information content (AvgIpc) is 3.32. The molecule has 0 saturated carbocycles. The van der Waals surface area contributed by atoms with Crippen molar-refractivity contribution in [2.24, 2.45) is 0 Å². The highest BCUT2D eigenvalue weighted by atomic mass is 19.1. The Morgan fingerprint density at radius 1 is 1.06 bits per heavy atom. The zero-order valence-electron chi connectivity index (χ0n) is 19.6. The fourth-order valence-electron chi connectivity index (χ4n) is 4.12. The maximum absolute atomic E-state index is 14.3. The highest BCUT2D eigenvalue weighted by molar-refractivity contribution is 5.94. The number of aromatic nitrogens is 4. The number of aromatic amines is 1. The summed E-state index contributed by atoms with van der Waals surface area (Å²) in [5.74, 6) is -0.537. The van der Waals surface area contributed by atoms with Gasteiger partial charge in [0, 0.05) is 35.8 Å². The fourth-order valence-corrected chi connectivity index (χ4v) is 4.12. The van der Waals surface area contributed by atoms with Crippen LogP contribution < -0.4 is 5.32 Å². The molecule has 8 heteroatoms. The maximum Gasteiger partial charge on any atom is 0.254 e. The highest BCUT2D eigenvalue weighted by Gasteiger charge is 2.18. The number of pyridine rings is 2. The maximum atomic E-state index is 14.3. The lowest BCUT2D eigenvalue weighted by Gasteiger charge is -2.07. The van der Waals surface area contributed by atoms with Crippen LogP contribution in [0.3, 0.4) is 0 Å². The van der Waals surface area contributed by atoms with Gasteiger partial charge < -0.3 is 15.4 Å². The molecular formula is C28H24FN5O2. The van der Waals surface area contributed by atoms with Crippen molar-refractivity contribution in [2.75, 3.05) is 13.2 Å². The van der Waals surface area contributed by atoms with E-state index in [4.69, 9.17) is 10.1 Å². The van der Waals surface area contributed by atoms with Crippen molar-refractivity contribution in [3.05, 3.63) is 101 Å². The molecule has 2 aromatic carbocycles. The Bertz CT molecular complexity index is 1560. The van der Waals surface area contributed by atoms with Gasteiger partial charge in [-0.2, -0.15) is 0 Å². The van der Waals surface area contributed by atoms with Crippen molar-refractivity contribution in [2.45, 2.75) is 13.3 Å². The topological polar surface area (TPSA) is 104 Å². The molecule has 5 aromatic rings.